The molecule has 4 unspecified atom stereocenters. The van der Waals surface area contributed by atoms with Gasteiger partial charge in [0.25, 0.3) is 0 Å². The minimum atomic E-state index is -0.108. The zero-order chi connectivity index (χ0) is 14.3. The molecule has 4 nitrogen and oxygen atoms in total. The van der Waals surface area contributed by atoms with Crippen LogP contribution in [0.25, 0.3) is 0 Å². The van der Waals surface area contributed by atoms with Gasteiger partial charge in [-0.3, -0.25) is 4.79 Å². The van der Waals surface area contributed by atoms with Crippen LogP contribution in [0.15, 0.2) is 0 Å². The van der Waals surface area contributed by atoms with Gasteiger partial charge in [0.2, 0.25) is 5.91 Å². The van der Waals surface area contributed by atoms with Crippen LogP contribution in [-0.2, 0) is 9.53 Å². The van der Waals surface area contributed by atoms with E-state index in [0.29, 0.717) is 25.1 Å². The van der Waals surface area contributed by atoms with Gasteiger partial charge in [-0.15, -0.1) is 0 Å². The van der Waals surface area contributed by atoms with E-state index >= 15 is 0 Å². The van der Waals surface area contributed by atoms with E-state index in [2.05, 4.69) is 24.5 Å². The van der Waals surface area contributed by atoms with E-state index in [1.165, 1.54) is 19.3 Å². The summed E-state index contributed by atoms with van der Waals surface area (Å²) in [7, 11) is 1.68. The normalized spacial score (nSPS) is 28.9. The van der Waals surface area contributed by atoms with Gasteiger partial charge in [-0.05, 0) is 44.4 Å². The third-order valence-corrected chi connectivity index (χ3v) is 4.11. The van der Waals surface area contributed by atoms with Crippen LogP contribution in [0, 0.1) is 11.8 Å². The molecule has 1 amide bonds. The van der Waals surface area contributed by atoms with Crippen LogP contribution in [0.3, 0.4) is 0 Å². The van der Waals surface area contributed by atoms with Crippen molar-refractivity contribution in [3.05, 3.63) is 0 Å². The summed E-state index contributed by atoms with van der Waals surface area (Å²) in [5, 5.41) is 6.44. The molecular weight excluding hydrogens is 240 g/mol. The van der Waals surface area contributed by atoms with Gasteiger partial charge in [0.05, 0.1) is 6.04 Å². The van der Waals surface area contributed by atoms with Crippen molar-refractivity contribution in [2.24, 2.45) is 11.8 Å². The summed E-state index contributed by atoms with van der Waals surface area (Å²) in [6, 6.07) is 0.374. The van der Waals surface area contributed by atoms with Crippen LogP contribution < -0.4 is 10.6 Å². The maximum absolute atomic E-state index is 11.9. The molecule has 1 rings (SSSR count). The molecule has 0 aromatic carbocycles. The van der Waals surface area contributed by atoms with E-state index in [4.69, 9.17) is 4.74 Å². The molecule has 0 bridgehead atoms. The first-order valence-electron chi connectivity index (χ1n) is 7.57. The predicted octanol–water partition coefficient (Wildman–Crippen LogP) is 1.94. The minimum absolute atomic E-state index is 0.0990. The molecule has 19 heavy (non-hydrogen) atoms. The third kappa shape index (κ3) is 5.91. The van der Waals surface area contributed by atoms with E-state index in [1.54, 1.807) is 7.11 Å². The monoisotopic (exact) mass is 270 g/mol. The van der Waals surface area contributed by atoms with Gasteiger partial charge in [-0.25, -0.2) is 0 Å². The summed E-state index contributed by atoms with van der Waals surface area (Å²) in [5.74, 6) is 1.58. The van der Waals surface area contributed by atoms with Gasteiger partial charge in [-0.2, -0.15) is 0 Å². The average Bonchev–Trinajstić information content (AvgIpc) is 2.37. The summed E-state index contributed by atoms with van der Waals surface area (Å²) >= 11 is 0. The maximum Gasteiger partial charge on any atom is 0.236 e. The van der Waals surface area contributed by atoms with Crippen LogP contribution in [0.5, 0.6) is 0 Å². The number of nitrogens with one attached hydrogen (secondary N) is 2. The van der Waals surface area contributed by atoms with Crippen molar-refractivity contribution in [3.8, 4) is 0 Å². The number of amides is 1. The average molecular weight is 270 g/mol. The molecule has 0 radical (unpaired) electrons. The van der Waals surface area contributed by atoms with E-state index in [1.807, 2.05) is 6.92 Å². The van der Waals surface area contributed by atoms with Crippen LogP contribution in [0.4, 0.5) is 0 Å². The van der Waals surface area contributed by atoms with E-state index in [0.717, 1.165) is 12.3 Å². The minimum Gasteiger partial charge on any atom is -0.385 e. The van der Waals surface area contributed by atoms with E-state index in [9.17, 15) is 4.79 Å². The second-order valence-corrected chi connectivity index (χ2v) is 6.03. The molecule has 0 heterocycles. The summed E-state index contributed by atoms with van der Waals surface area (Å²) < 4.78 is 4.96. The number of methoxy groups -OCH3 is 1. The SMILES string of the molecule is COCCCNC(=O)C(C)NC1CCC(C)CC1C. The first kappa shape index (κ1) is 16.4. The summed E-state index contributed by atoms with van der Waals surface area (Å²) in [6.07, 6.45) is 4.58. The van der Waals surface area contributed by atoms with Gasteiger partial charge in [0, 0.05) is 26.3 Å². The number of rotatable bonds is 7. The first-order valence-corrected chi connectivity index (χ1v) is 7.57. The van der Waals surface area contributed by atoms with Gasteiger partial charge in [0.1, 0.15) is 0 Å². The van der Waals surface area contributed by atoms with E-state index < -0.39 is 0 Å². The van der Waals surface area contributed by atoms with Crippen molar-refractivity contribution in [2.45, 2.75) is 58.5 Å². The lowest BCUT2D eigenvalue weighted by Crippen LogP contribution is -2.50. The lowest BCUT2D eigenvalue weighted by atomic mass is 9.79. The molecule has 0 saturated heterocycles. The Morgan fingerprint density at radius 1 is 1.37 bits per heavy atom. The Hall–Kier alpha value is -0.610. The molecule has 0 aliphatic heterocycles. The molecule has 4 heteroatoms. The molecule has 1 aliphatic rings. The fourth-order valence-electron chi connectivity index (χ4n) is 2.89. The van der Waals surface area contributed by atoms with E-state index in [-0.39, 0.29) is 11.9 Å². The second kappa shape index (κ2) is 8.54. The lowest BCUT2D eigenvalue weighted by Gasteiger charge is -2.34. The summed E-state index contributed by atoms with van der Waals surface area (Å²) in [4.78, 5) is 11.9. The zero-order valence-electron chi connectivity index (χ0n) is 12.9. The molecule has 1 aliphatic carbocycles. The van der Waals surface area contributed by atoms with Crippen molar-refractivity contribution in [1.29, 1.82) is 0 Å². The quantitative estimate of drug-likeness (QED) is 0.695. The lowest BCUT2D eigenvalue weighted by molar-refractivity contribution is -0.123. The van der Waals surface area contributed by atoms with Crippen LogP contribution in [-0.4, -0.2) is 38.3 Å². The first-order chi connectivity index (χ1) is 9.04. The van der Waals surface area contributed by atoms with Crippen molar-refractivity contribution >= 4 is 5.91 Å². The standard InChI is InChI=1S/C15H30N2O2/c1-11-6-7-14(12(2)10-11)17-13(3)15(18)16-8-5-9-19-4/h11-14,17H,5-10H2,1-4H3,(H,16,18). The fourth-order valence-corrected chi connectivity index (χ4v) is 2.89. The zero-order valence-corrected chi connectivity index (χ0v) is 12.9. The fraction of sp³-hybridized carbons (Fsp3) is 0.933. The Kier molecular flexibility index (Phi) is 7.39. The van der Waals surface area contributed by atoms with Gasteiger partial charge in [-0.1, -0.05) is 13.8 Å². The highest BCUT2D eigenvalue weighted by Gasteiger charge is 2.27. The molecule has 0 aromatic heterocycles. The Labute approximate surface area is 117 Å². The van der Waals surface area contributed by atoms with Gasteiger partial charge < -0.3 is 15.4 Å². The largest absolute Gasteiger partial charge is 0.385 e. The number of hydrogen-bond acceptors (Lipinski definition) is 3. The highest BCUT2D eigenvalue weighted by Crippen LogP contribution is 2.28. The van der Waals surface area contributed by atoms with Crippen LogP contribution in [0.1, 0.15) is 46.5 Å². The summed E-state index contributed by atoms with van der Waals surface area (Å²) in [6.45, 7) is 7.95. The molecule has 1 saturated carbocycles. The molecule has 0 spiro atoms. The maximum atomic E-state index is 11.9. The second-order valence-electron chi connectivity index (χ2n) is 6.03. The number of carbonyl (C=O) groups excluding carboxylic acids is 1. The smallest absolute Gasteiger partial charge is 0.236 e. The van der Waals surface area contributed by atoms with Gasteiger partial charge >= 0.3 is 0 Å². The van der Waals surface area contributed by atoms with Crippen molar-refractivity contribution < 1.29 is 9.53 Å². The van der Waals surface area contributed by atoms with Crippen molar-refractivity contribution in [2.75, 3.05) is 20.3 Å². The van der Waals surface area contributed by atoms with Crippen LogP contribution in [0.2, 0.25) is 0 Å². The number of carbonyl (C=O) groups is 1. The van der Waals surface area contributed by atoms with Gasteiger partial charge in [0.15, 0.2) is 0 Å². The topological polar surface area (TPSA) is 50.4 Å². The molecule has 4 atom stereocenters. The highest BCUT2D eigenvalue weighted by atomic mass is 16.5. The number of hydrogen-bond donors (Lipinski definition) is 2. The molecule has 112 valence electrons. The highest BCUT2D eigenvalue weighted by molar-refractivity contribution is 5.81. The molecule has 2 N–H and O–H groups in total. The van der Waals surface area contributed by atoms with Crippen molar-refractivity contribution in [1.82, 2.24) is 10.6 Å². The third-order valence-electron chi connectivity index (χ3n) is 4.11. The Morgan fingerprint density at radius 3 is 2.74 bits per heavy atom. The Bertz CT molecular complexity index is 271. The molecule has 0 aromatic rings. The number of ether oxygens (including phenoxy) is 1. The van der Waals surface area contributed by atoms with Crippen LogP contribution >= 0.6 is 0 Å². The predicted molar refractivity (Wildman–Crippen MR) is 78.1 cm³/mol. The van der Waals surface area contributed by atoms with Crippen molar-refractivity contribution in [3.63, 3.8) is 0 Å². The molecule has 1 fully saturated rings. The Balaban J connectivity index is 2.25. The molecular formula is C15H30N2O2. The Morgan fingerprint density at radius 2 is 2.11 bits per heavy atom. The summed E-state index contributed by atoms with van der Waals surface area (Å²) in [5.41, 5.74) is 0.